The minimum atomic E-state index is -0.227. The lowest BCUT2D eigenvalue weighted by molar-refractivity contribution is 0.490. The molecule has 0 bridgehead atoms. The number of para-hydroxylation sites is 1. The van der Waals surface area contributed by atoms with Gasteiger partial charge in [0.25, 0.3) is 0 Å². The van der Waals surface area contributed by atoms with Gasteiger partial charge in [-0.05, 0) is 57.5 Å². The Kier molecular flexibility index (Phi) is 4.32. The third-order valence-corrected chi connectivity index (χ3v) is 4.56. The van der Waals surface area contributed by atoms with Gasteiger partial charge in [0.15, 0.2) is 11.6 Å². The number of nitrogens with zero attached hydrogens (tertiary/aromatic N) is 2. The first-order valence-corrected chi connectivity index (χ1v) is 9.19. The van der Waals surface area contributed by atoms with E-state index in [-0.39, 0.29) is 5.54 Å². The first-order valence-electron chi connectivity index (χ1n) is 9.19. The highest BCUT2D eigenvalue weighted by Gasteiger charge is 2.15. The zero-order valence-electron chi connectivity index (χ0n) is 15.9. The number of anilines is 1. The van der Waals surface area contributed by atoms with Gasteiger partial charge in [0.1, 0.15) is 11.4 Å². The van der Waals surface area contributed by atoms with Crippen LogP contribution in [0.3, 0.4) is 0 Å². The number of hydrogen-bond acceptors (Lipinski definition) is 5. The average Bonchev–Trinajstić information content (AvgIpc) is 3.03. The molecule has 2 aromatic carbocycles. The molecule has 27 heavy (non-hydrogen) atoms. The van der Waals surface area contributed by atoms with E-state index in [0.29, 0.717) is 11.6 Å². The summed E-state index contributed by atoms with van der Waals surface area (Å²) in [6, 6.07) is 16.1. The molecule has 5 nitrogen and oxygen atoms in total. The van der Waals surface area contributed by atoms with Gasteiger partial charge >= 0.3 is 0 Å². The van der Waals surface area contributed by atoms with Crippen LogP contribution in [0, 0.1) is 6.92 Å². The van der Waals surface area contributed by atoms with Crippen molar-refractivity contribution in [1.82, 2.24) is 9.97 Å². The first-order chi connectivity index (χ1) is 12.9. The Balaban J connectivity index is 1.76. The van der Waals surface area contributed by atoms with Crippen LogP contribution < -0.4 is 11.1 Å². The summed E-state index contributed by atoms with van der Waals surface area (Å²) in [5, 5.41) is 5.47. The van der Waals surface area contributed by atoms with E-state index in [4.69, 9.17) is 20.1 Å². The van der Waals surface area contributed by atoms with Crippen molar-refractivity contribution in [2.75, 3.05) is 11.9 Å². The molecule has 0 radical (unpaired) electrons. The zero-order chi connectivity index (χ0) is 19.0. The summed E-state index contributed by atoms with van der Waals surface area (Å²) in [6.07, 6.45) is 0.838. The van der Waals surface area contributed by atoms with Crippen LogP contribution in [0.4, 0.5) is 5.82 Å². The maximum Gasteiger partial charge on any atom is 0.198 e. The number of fused-ring (bicyclic) bond motifs is 2. The molecule has 138 valence electrons. The molecule has 4 aromatic rings. The van der Waals surface area contributed by atoms with E-state index >= 15 is 0 Å². The van der Waals surface area contributed by atoms with E-state index in [1.165, 1.54) is 5.56 Å². The summed E-state index contributed by atoms with van der Waals surface area (Å²) in [7, 11) is 0. The molecule has 4 rings (SSSR count). The molecule has 2 heterocycles. The van der Waals surface area contributed by atoms with Crippen molar-refractivity contribution >= 4 is 27.7 Å². The Morgan fingerprint density at radius 3 is 2.70 bits per heavy atom. The summed E-state index contributed by atoms with van der Waals surface area (Å²) in [5.74, 6) is 2.05. The van der Waals surface area contributed by atoms with Crippen LogP contribution in [-0.2, 0) is 0 Å². The molecule has 0 aliphatic carbocycles. The van der Waals surface area contributed by atoms with Crippen molar-refractivity contribution in [2.45, 2.75) is 32.7 Å². The summed E-state index contributed by atoms with van der Waals surface area (Å²) in [6.45, 7) is 6.85. The number of benzene rings is 2. The number of nitrogens with one attached hydrogen (secondary N) is 1. The van der Waals surface area contributed by atoms with Crippen LogP contribution in [0.1, 0.15) is 25.8 Å². The van der Waals surface area contributed by atoms with Crippen LogP contribution in [0.2, 0.25) is 0 Å². The third-order valence-electron chi connectivity index (χ3n) is 4.56. The molecule has 0 aliphatic heterocycles. The second-order valence-electron chi connectivity index (χ2n) is 7.73. The van der Waals surface area contributed by atoms with Gasteiger partial charge in [-0.2, -0.15) is 0 Å². The quantitative estimate of drug-likeness (QED) is 0.530. The van der Waals surface area contributed by atoms with Gasteiger partial charge in [-0.25, -0.2) is 9.97 Å². The molecule has 5 heteroatoms. The molecule has 0 atom stereocenters. The van der Waals surface area contributed by atoms with Gasteiger partial charge < -0.3 is 15.5 Å². The largest absolute Gasteiger partial charge is 0.453 e. The summed E-state index contributed by atoms with van der Waals surface area (Å²) in [5.41, 5.74) is 8.79. The molecular weight excluding hydrogens is 336 g/mol. The SMILES string of the molecule is Cc1ccc2oc(-c3nc(NCCC(C)(C)N)c4ccccc4n3)cc2c1. The van der Waals surface area contributed by atoms with Crippen molar-refractivity contribution in [3.05, 3.63) is 54.1 Å². The molecule has 0 saturated heterocycles. The lowest BCUT2D eigenvalue weighted by Gasteiger charge is -2.19. The fraction of sp³-hybridized carbons (Fsp3) is 0.273. The standard InChI is InChI=1S/C22H24N4O/c1-14-8-9-18-15(12-14)13-19(27-18)21-25-17-7-5-4-6-16(17)20(26-21)24-11-10-22(2,3)23/h4-9,12-13H,10-11,23H2,1-3H3,(H,24,25,26). The monoisotopic (exact) mass is 360 g/mol. The average molecular weight is 360 g/mol. The minimum Gasteiger partial charge on any atom is -0.453 e. The Hall–Kier alpha value is -2.92. The van der Waals surface area contributed by atoms with Crippen molar-refractivity contribution in [3.63, 3.8) is 0 Å². The molecular formula is C22H24N4O. The highest BCUT2D eigenvalue weighted by atomic mass is 16.3. The molecule has 0 saturated carbocycles. The summed E-state index contributed by atoms with van der Waals surface area (Å²) >= 11 is 0. The van der Waals surface area contributed by atoms with Crippen LogP contribution in [-0.4, -0.2) is 22.1 Å². The molecule has 0 fully saturated rings. The zero-order valence-corrected chi connectivity index (χ0v) is 15.9. The summed E-state index contributed by atoms with van der Waals surface area (Å²) < 4.78 is 6.00. The number of furan rings is 1. The minimum absolute atomic E-state index is 0.227. The maximum absolute atomic E-state index is 6.10. The predicted molar refractivity (Wildman–Crippen MR) is 111 cm³/mol. The first kappa shape index (κ1) is 17.5. The van der Waals surface area contributed by atoms with Gasteiger partial charge in [0, 0.05) is 22.9 Å². The highest BCUT2D eigenvalue weighted by Crippen LogP contribution is 2.29. The fourth-order valence-electron chi connectivity index (χ4n) is 3.10. The molecule has 2 aromatic heterocycles. The number of aryl methyl sites for hydroxylation is 1. The van der Waals surface area contributed by atoms with Crippen LogP contribution in [0.5, 0.6) is 0 Å². The van der Waals surface area contributed by atoms with Crippen LogP contribution in [0.15, 0.2) is 52.9 Å². The number of aromatic nitrogens is 2. The van der Waals surface area contributed by atoms with E-state index in [9.17, 15) is 0 Å². The normalized spacial score (nSPS) is 12.0. The van der Waals surface area contributed by atoms with E-state index in [0.717, 1.165) is 40.7 Å². The van der Waals surface area contributed by atoms with Crippen molar-refractivity contribution in [1.29, 1.82) is 0 Å². The topological polar surface area (TPSA) is 77.0 Å². The number of nitrogens with two attached hydrogens (primary N) is 1. The van der Waals surface area contributed by atoms with Gasteiger partial charge in [-0.3, -0.25) is 0 Å². The van der Waals surface area contributed by atoms with Crippen LogP contribution in [0.25, 0.3) is 33.5 Å². The lowest BCUT2D eigenvalue weighted by Crippen LogP contribution is -2.34. The Morgan fingerprint density at radius 1 is 1.07 bits per heavy atom. The van der Waals surface area contributed by atoms with Crippen molar-refractivity contribution in [3.8, 4) is 11.6 Å². The van der Waals surface area contributed by atoms with E-state index in [1.54, 1.807) is 0 Å². The summed E-state index contributed by atoms with van der Waals surface area (Å²) in [4.78, 5) is 9.46. The Labute approximate surface area is 158 Å². The van der Waals surface area contributed by atoms with E-state index in [2.05, 4.69) is 18.3 Å². The van der Waals surface area contributed by atoms with E-state index in [1.807, 2.05) is 56.3 Å². The second kappa shape index (κ2) is 6.67. The van der Waals surface area contributed by atoms with Crippen LogP contribution >= 0.6 is 0 Å². The van der Waals surface area contributed by atoms with E-state index < -0.39 is 0 Å². The van der Waals surface area contributed by atoms with Gasteiger partial charge in [-0.1, -0.05) is 23.8 Å². The lowest BCUT2D eigenvalue weighted by atomic mass is 10.0. The molecule has 0 unspecified atom stereocenters. The molecule has 3 N–H and O–H groups in total. The second-order valence-corrected chi connectivity index (χ2v) is 7.73. The van der Waals surface area contributed by atoms with Gasteiger partial charge in [0.2, 0.25) is 0 Å². The Morgan fingerprint density at radius 2 is 1.89 bits per heavy atom. The smallest absolute Gasteiger partial charge is 0.198 e. The predicted octanol–water partition coefficient (Wildman–Crippen LogP) is 4.89. The van der Waals surface area contributed by atoms with Crippen molar-refractivity contribution < 1.29 is 4.42 Å². The number of hydrogen-bond donors (Lipinski definition) is 2. The number of rotatable bonds is 5. The van der Waals surface area contributed by atoms with Gasteiger partial charge in [-0.15, -0.1) is 0 Å². The highest BCUT2D eigenvalue weighted by molar-refractivity contribution is 5.91. The Bertz CT molecular complexity index is 1110. The van der Waals surface area contributed by atoms with Crippen molar-refractivity contribution in [2.24, 2.45) is 5.73 Å². The maximum atomic E-state index is 6.10. The third kappa shape index (κ3) is 3.78. The molecule has 0 amide bonds. The van der Waals surface area contributed by atoms with Gasteiger partial charge in [0.05, 0.1) is 5.52 Å². The molecule has 0 spiro atoms. The molecule has 0 aliphatic rings. The fourth-order valence-corrected chi connectivity index (χ4v) is 3.10.